The highest BCUT2D eigenvalue weighted by Crippen LogP contribution is 2.14. The molecule has 3 rings (SSSR count). The summed E-state index contributed by atoms with van der Waals surface area (Å²) in [6.45, 7) is -0.322. The minimum absolute atomic E-state index is 0.185. The van der Waals surface area contributed by atoms with Gasteiger partial charge in [0.05, 0.1) is 7.11 Å². The molecular formula is C25H23NO5. The lowest BCUT2D eigenvalue weighted by atomic mass is 10.1. The van der Waals surface area contributed by atoms with Crippen molar-refractivity contribution in [1.82, 2.24) is 0 Å². The molecule has 3 aromatic carbocycles. The molecule has 31 heavy (non-hydrogen) atoms. The minimum atomic E-state index is -0.434. The van der Waals surface area contributed by atoms with Gasteiger partial charge in [0, 0.05) is 23.2 Å². The predicted octanol–water partition coefficient (Wildman–Crippen LogP) is 4.31. The Morgan fingerprint density at radius 3 is 2.13 bits per heavy atom. The van der Waals surface area contributed by atoms with E-state index in [0.29, 0.717) is 23.2 Å². The molecule has 0 bridgehead atoms. The lowest BCUT2D eigenvalue weighted by Gasteiger charge is -2.07. The number of Topliss-reactive ketones (excluding diaryl/α,β-unsaturated/α-hetero) is 1. The molecule has 1 amide bonds. The molecule has 6 heteroatoms. The van der Waals surface area contributed by atoms with Crippen LogP contribution in [0.5, 0.6) is 5.75 Å². The Balaban J connectivity index is 1.44. The topological polar surface area (TPSA) is 81.7 Å². The maximum Gasteiger partial charge on any atom is 0.306 e. The number of nitrogens with one attached hydrogen (secondary N) is 1. The van der Waals surface area contributed by atoms with Crippen molar-refractivity contribution >= 4 is 23.3 Å². The Hall–Kier alpha value is -3.93. The molecule has 3 aromatic rings. The van der Waals surface area contributed by atoms with Crippen LogP contribution in [-0.2, 0) is 16.0 Å². The molecule has 0 aliphatic heterocycles. The third-order valence-electron chi connectivity index (χ3n) is 4.64. The minimum Gasteiger partial charge on any atom is -0.497 e. The Kier molecular flexibility index (Phi) is 7.54. The Morgan fingerprint density at radius 2 is 1.48 bits per heavy atom. The molecule has 6 nitrogen and oxygen atoms in total. The maximum atomic E-state index is 12.3. The monoisotopic (exact) mass is 417 g/mol. The van der Waals surface area contributed by atoms with Crippen molar-refractivity contribution in [2.24, 2.45) is 0 Å². The molecular weight excluding hydrogens is 394 g/mol. The van der Waals surface area contributed by atoms with Crippen LogP contribution in [0.2, 0.25) is 0 Å². The van der Waals surface area contributed by atoms with Gasteiger partial charge in [0.25, 0.3) is 5.91 Å². The second-order valence-electron chi connectivity index (χ2n) is 6.83. The smallest absolute Gasteiger partial charge is 0.306 e. The van der Waals surface area contributed by atoms with Crippen LogP contribution in [0.25, 0.3) is 0 Å². The van der Waals surface area contributed by atoms with E-state index in [0.717, 1.165) is 11.3 Å². The van der Waals surface area contributed by atoms with Gasteiger partial charge in [-0.2, -0.15) is 0 Å². The number of anilines is 1. The van der Waals surface area contributed by atoms with Crippen LogP contribution in [-0.4, -0.2) is 31.4 Å². The first-order chi connectivity index (χ1) is 15.0. The lowest BCUT2D eigenvalue weighted by Crippen LogP contribution is -2.15. The third kappa shape index (κ3) is 6.54. The van der Waals surface area contributed by atoms with Gasteiger partial charge in [-0.15, -0.1) is 0 Å². The number of benzene rings is 3. The van der Waals surface area contributed by atoms with Crippen LogP contribution in [0.1, 0.15) is 32.7 Å². The average molecular weight is 417 g/mol. The molecule has 0 aliphatic rings. The van der Waals surface area contributed by atoms with Crippen molar-refractivity contribution in [1.29, 1.82) is 0 Å². The highest BCUT2D eigenvalue weighted by Gasteiger charge is 2.11. The number of aryl methyl sites for hydroxylation is 1. The van der Waals surface area contributed by atoms with E-state index in [1.807, 2.05) is 30.3 Å². The van der Waals surface area contributed by atoms with Crippen molar-refractivity contribution in [2.45, 2.75) is 12.8 Å². The SMILES string of the molecule is COc1ccc(CCC(=O)OCC(=O)c2ccc(NC(=O)c3ccccc3)cc2)cc1. The van der Waals surface area contributed by atoms with E-state index < -0.39 is 5.97 Å². The zero-order chi connectivity index (χ0) is 22.1. The average Bonchev–Trinajstić information content (AvgIpc) is 2.82. The van der Waals surface area contributed by atoms with Gasteiger partial charge in [0.1, 0.15) is 5.75 Å². The summed E-state index contributed by atoms with van der Waals surface area (Å²) < 4.78 is 10.2. The van der Waals surface area contributed by atoms with Crippen LogP contribution >= 0.6 is 0 Å². The highest BCUT2D eigenvalue weighted by atomic mass is 16.5. The van der Waals surface area contributed by atoms with Crippen LogP contribution < -0.4 is 10.1 Å². The largest absolute Gasteiger partial charge is 0.497 e. The van der Waals surface area contributed by atoms with Gasteiger partial charge in [-0.1, -0.05) is 30.3 Å². The number of ether oxygens (including phenoxy) is 2. The lowest BCUT2D eigenvalue weighted by molar-refractivity contribution is -0.142. The number of methoxy groups -OCH3 is 1. The van der Waals surface area contributed by atoms with Gasteiger partial charge >= 0.3 is 5.97 Å². The number of hydrogen-bond acceptors (Lipinski definition) is 5. The zero-order valence-electron chi connectivity index (χ0n) is 17.2. The number of ketones is 1. The van der Waals surface area contributed by atoms with Gasteiger partial charge < -0.3 is 14.8 Å². The molecule has 0 radical (unpaired) electrons. The van der Waals surface area contributed by atoms with Crippen molar-refractivity contribution < 1.29 is 23.9 Å². The summed E-state index contributed by atoms with van der Waals surface area (Å²) in [5, 5.41) is 2.77. The van der Waals surface area contributed by atoms with Crippen molar-refractivity contribution in [2.75, 3.05) is 19.0 Å². The van der Waals surface area contributed by atoms with Gasteiger partial charge in [-0.05, 0) is 60.5 Å². The summed E-state index contributed by atoms with van der Waals surface area (Å²) in [5.41, 5.74) is 2.50. The number of carbonyl (C=O) groups excluding carboxylic acids is 3. The summed E-state index contributed by atoms with van der Waals surface area (Å²) >= 11 is 0. The molecule has 0 heterocycles. The second-order valence-corrected chi connectivity index (χ2v) is 6.83. The Bertz CT molecular complexity index is 1030. The number of hydrogen-bond donors (Lipinski definition) is 1. The normalized spacial score (nSPS) is 10.2. The highest BCUT2D eigenvalue weighted by molar-refractivity contribution is 6.04. The summed E-state index contributed by atoms with van der Waals surface area (Å²) in [5.74, 6) is -0.220. The third-order valence-corrected chi connectivity index (χ3v) is 4.64. The summed E-state index contributed by atoms with van der Waals surface area (Å²) in [6.07, 6.45) is 0.705. The molecule has 158 valence electrons. The summed E-state index contributed by atoms with van der Waals surface area (Å²) in [6, 6.07) is 22.7. The van der Waals surface area contributed by atoms with Gasteiger partial charge in [0.2, 0.25) is 0 Å². The predicted molar refractivity (Wildman–Crippen MR) is 117 cm³/mol. The maximum absolute atomic E-state index is 12.3. The number of rotatable bonds is 9. The van der Waals surface area contributed by atoms with E-state index >= 15 is 0 Å². The fourth-order valence-electron chi connectivity index (χ4n) is 2.87. The van der Waals surface area contributed by atoms with E-state index in [-0.39, 0.29) is 24.7 Å². The van der Waals surface area contributed by atoms with Crippen LogP contribution in [0, 0.1) is 0 Å². The van der Waals surface area contributed by atoms with E-state index in [1.165, 1.54) is 0 Å². The number of amides is 1. The van der Waals surface area contributed by atoms with Crippen molar-refractivity contribution in [3.05, 3.63) is 95.6 Å². The quantitative estimate of drug-likeness (QED) is 0.415. The van der Waals surface area contributed by atoms with E-state index in [2.05, 4.69) is 5.32 Å². The first kappa shape index (κ1) is 21.8. The van der Waals surface area contributed by atoms with Crippen LogP contribution in [0.3, 0.4) is 0 Å². The molecule has 0 unspecified atom stereocenters. The first-order valence-electron chi connectivity index (χ1n) is 9.83. The molecule has 0 atom stereocenters. The second kappa shape index (κ2) is 10.7. The van der Waals surface area contributed by atoms with E-state index in [4.69, 9.17) is 9.47 Å². The molecule has 0 aromatic heterocycles. The summed E-state index contributed by atoms with van der Waals surface area (Å²) in [7, 11) is 1.59. The van der Waals surface area contributed by atoms with Gasteiger partial charge in [-0.25, -0.2) is 0 Å². The molecule has 1 N–H and O–H groups in total. The van der Waals surface area contributed by atoms with Crippen molar-refractivity contribution in [3.8, 4) is 5.75 Å². The number of esters is 1. The van der Waals surface area contributed by atoms with E-state index in [1.54, 1.807) is 55.6 Å². The fraction of sp³-hybridized carbons (Fsp3) is 0.160. The summed E-state index contributed by atoms with van der Waals surface area (Å²) in [4.78, 5) is 36.4. The van der Waals surface area contributed by atoms with Crippen LogP contribution in [0.15, 0.2) is 78.9 Å². The molecule has 0 spiro atoms. The first-order valence-corrected chi connectivity index (χ1v) is 9.83. The fourth-order valence-corrected chi connectivity index (χ4v) is 2.87. The van der Waals surface area contributed by atoms with Gasteiger partial charge in [0.15, 0.2) is 12.4 Å². The molecule has 0 fully saturated rings. The molecule has 0 saturated carbocycles. The van der Waals surface area contributed by atoms with Gasteiger partial charge in [-0.3, -0.25) is 14.4 Å². The Labute approximate surface area is 180 Å². The Morgan fingerprint density at radius 1 is 0.806 bits per heavy atom. The van der Waals surface area contributed by atoms with E-state index in [9.17, 15) is 14.4 Å². The number of carbonyl (C=O) groups is 3. The standard InChI is InChI=1S/C25H23NO5/c1-30-22-14-7-18(8-15-22)9-16-24(28)31-17-23(27)19-10-12-21(13-11-19)26-25(29)20-5-3-2-4-6-20/h2-8,10-15H,9,16-17H2,1H3,(H,26,29). The molecule has 0 saturated heterocycles. The van der Waals surface area contributed by atoms with Crippen LogP contribution in [0.4, 0.5) is 5.69 Å². The molecule has 0 aliphatic carbocycles. The van der Waals surface area contributed by atoms with Crippen molar-refractivity contribution in [3.63, 3.8) is 0 Å². The zero-order valence-corrected chi connectivity index (χ0v) is 17.2.